The van der Waals surface area contributed by atoms with Gasteiger partial charge in [-0.2, -0.15) is 8.78 Å². The summed E-state index contributed by atoms with van der Waals surface area (Å²) < 4.78 is 53.2. The summed E-state index contributed by atoms with van der Waals surface area (Å²) in [6.07, 6.45) is 0. The number of alkyl halides is 2. The quantitative estimate of drug-likeness (QED) is 0.304. The van der Waals surface area contributed by atoms with Gasteiger partial charge in [0.2, 0.25) is 0 Å². The van der Waals surface area contributed by atoms with E-state index in [9.17, 15) is 17.2 Å². The Hall–Kier alpha value is -1.17. The third kappa shape index (κ3) is 8.89. The molecule has 0 aliphatic rings. The second-order valence-electron chi connectivity index (χ2n) is 7.04. The largest absolute Gasteiger partial charge is 0.434 e. The maximum absolute atomic E-state index is 12.6. The van der Waals surface area contributed by atoms with Crippen LogP contribution in [-0.2, 0) is 16.4 Å². The van der Waals surface area contributed by atoms with Gasteiger partial charge in [-0.1, -0.05) is 17.7 Å². The van der Waals surface area contributed by atoms with Gasteiger partial charge in [-0.15, -0.1) is 24.0 Å². The summed E-state index contributed by atoms with van der Waals surface area (Å²) >= 11 is 0. The minimum Gasteiger partial charge on any atom is -0.434 e. The molecular weight excluding hydrogens is 503 g/mol. The van der Waals surface area contributed by atoms with Crippen molar-refractivity contribution in [2.45, 2.75) is 52.5 Å². The normalized spacial score (nSPS) is 12.5. The van der Waals surface area contributed by atoms with E-state index in [0.29, 0.717) is 18.1 Å². The van der Waals surface area contributed by atoms with Crippen LogP contribution in [0.5, 0.6) is 5.75 Å². The van der Waals surface area contributed by atoms with Crippen molar-refractivity contribution in [3.8, 4) is 5.75 Å². The van der Waals surface area contributed by atoms with Gasteiger partial charge in [-0.25, -0.2) is 13.4 Å². The molecule has 0 fully saturated rings. The number of nitrogens with one attached hydrogen (secondary N) is 2. The minimum atomic E-state index is -3.25. The fraction of sp³-hybridized carbons (Fsp3) is 0.611. The van der Waals surface area contributed by atoms with E-state index in [0.717, 1.165) is 5.56 Å². The summed E-state index contributed by atoms with van der Waals surface area (Å²) in [6.45, 7) is 6.67. The molecule has 0 heterocycles. The topological polar surface area (TPSA) is 79.8 Å². The summed E-state index contributed by atoms with van der Waals surface area (Å²) in [5.74, 6) is 0.446. The van der Waals surface area contributed by atoms with Crippen LogP contribution in [0.2, 0.25) is 0 Å². The molecule has 0 saturated carbocycles. The molecule has 0 bridgehead atoms. The predicted octanol–water partition coefficient (Wildman–Crippen LogP) is 3.48. The van der Waals surface area contributed by atoms with Crippen molar-refractivity contribution in [1.29, 1.82) is 0 Å². The van der Waals surface area contributed by atoms with Gasteiger partial charge in [-0.3, -0.25) is 0 Å². The number of hydrogen-bond donors (Lipinski definition) is 2. The third-order valence-electron chi connectivity index (χ3n) is 3.78. The lowest BCUT2D eigenvalue weighted by molar-refractivity contribution is -0.0504. The number of halogens is 3. The first-order valence-corrected chi connectivity index (χ1v) is 10.4. The smallest absolute Gasteiger partial charge is 0.387 e. The average molecular weight is 533 g/mol. The number of aliphatic imine (C=N–C) groups is 1. The van der Waals surface area contributed by atoms with Crippen LogP contribution in [0.3, 0.4) is 0 Å². The number of guanidine groups is 1. The van der Waals surface area contributed by atoms with Gasteiger partial charge < -0.3 is 15.4 Å². The molecule has 162 valence electrons. The van der Waals surface area contributed by atoms with Crippen LogP contribution in [0.25, 0.3) is 0 Å². The van der Waals surface area contributed by atoms with E-state index in [4.69, 9.17) is 0 Å². The van der Waals surface area contributed by atoms with E-state index in [1.165, 1.54) is 6.07 Å². The molecule has 0 amide bonds. The standard InChI is InChI=1S/C18H29F2N3O3S.HI/c1-6-21-17(22-9-10-27(24,25)18(3,4)5)23-12-14-11-13(2)7-8-15(14)26-16(19)20;/h7-8,11,16H,6,9-10,12H2,1-5H3,(H2,21,22,23);1H. The zero-order valence-electron chi connectivity index (χ0n) is 16.9. The first kappa shape index (κ1) is 26.8. The van der Waals surface area contributed by atoms with Crippen LogP contribution < -0.4 is 15.4 Å². The van der Waals surface area contributed by atoms with Crippen molar-refractivity contribution in [3.63, 3.8) is 0 Å². The molecule has 0 saturated heterocycles. The molecule has 1 aromatic rings. The molecule has 0 atom stereocenters. The average Bonchev–Trinajstić information content (AvgIpc) is 2.53. The number of aryl methyl sites for hydroxylation is 1. The predicted molar refractivity (Wildman–Crippen MR) is 120 cm³/mol. The monoisotopic (exact) mass is 533 g/mol. The Morgan fingerprint density at radius 3 is 2.43 bits per heavy atom. The Bertz CT molecular complexity index is 751. The summed E-state index contributed by atoms with van der Waals surface area (Å²) in [4.78, 5) is 4.35. The molecule has 6 nitrogen and oxygen atoms in total. The highest BCUT2D eigenvalue weighted by Gasteiger charge is 2.28. The van der Waals surface area contributed by atoms with Crippen LogP contribution in [0.1, 0.15) is 38.8 Å². The van der Waals surface area contributed by atoms with E-state index in [1.807, 2.05) is 13.8 Å². The molecule has 1 aromatic carbocycles. The third-order valence-corrected chi connectivity index (χ3v) is 6.39. The SMILES string of the molecule is CCNC(=NCc1cc(C)ccc1OC(F)F)NCCS(=O)(=O)C(C)(C)C.I. The van der Waals surface area contributed by atoms with Crippen molar-refractivity contribution in [2.24, 2.45) is 4.99 Å². The summed E-state index contributed by atoms with van der Waals surface area (Å²) in [7, 11) is -3.25. The summed E-state index contributed by atoms with van der Waals surface area (Å²) in [5.41, 5.74) is 1.42. The number of hydrogen-bond acceptors (Lipinski definition) is 4. The molecule has 0 radical (unpaired) electrons. The highest BCUT2D eigenvalue weighted by atomic mass is 127. The molecular formula is C18H30F2IN3O3S. The molecule has 0 unspecified atom stereocenters. The lowest BCUT2D eigenvalue weighted by Crippen LogP contribution is -2.41. The molecule has 28 heavy (non-hydrogen) atoms. The highest BCUT2D eigenvalue weighted by Crippen LogP contribution is 2.23. The molecule has 1 rings (SSSR count). The Balaban J connectivity index is 0.00000729. The van der Waals surface area contributed by atoms with Gasteiger partial charge in [-0.05, 0) is 40.7 Å². The molecule has 0 aliphatic heterocycles. The number of ether oxygens (including phenoxy) is 1. The fourth-order valence-electron chi connectivity index (χ4n) is 2.16. The van der Waals surface area contributed by atoms with Gasteiger partial charge in [0.1, 0.15) is 5.75 Å². The fourth-order valence-corrected chi connectivity index (χ4v) is 3.14. The zero-order valence-corrected chi connectivity index (χ0v) is 20.0. The number of benzene rings is 1. The molecule has 0 aliphatic carbocycles. The Kier molecular flexibility index (Phi) is 11.2. The lowest BCUT2D eigenvalue weighted by atomic mass is 10.1. The highest BCUT2D eigenvalue weighted by molar-refractivity contribution is 14.0. The summed E-state index contributed by atoms with van der Waals surface area (Å²) in [6, 6.07) is 4.91. The van der Waals surface area contributed by atoms with Crippen molar-refractivity contribution in [2.75, 3.05) is 18.8 Å². The van der Waals surface area contributed by atoms with Gasteiger partial charge in [0.05, 0.1) is 17.0 Å². The molecule has 10 heteroatoms. The van der Waals surface area contributed by atoms with Crippen LogP contribution in [0.4, 0.5) is 8.78 Å². The Morgan fingerprint density at radius 2 is 1.89 bits per heavy atom. The second kappa shape index (κ2) is 11.7. The van der Waals surface area contributed by atoms with Crippen molar-refractivity contribution >= 4 is 39.8 Å². The summed E-state index contributed by atoms with van der Waals surface area (Å²) in [5, 5.41) is 5.97. The van der Waals surface area contributed by atoms with Crippen LogP contribution >= 0.6 is 24.0 Å². The number of sulfone groups is 1. The maximum atomic E-state index is 12.6. The number of rotatable bonds is 8. The van der Waals surface area contributed by atoms with Crippen LogP contribution in [0, 0.1) is 6.92 Å². The van der Waals surface area contributed by atoms with Crippen molar-refractivity contribution in [3.05, 3.63) is 29.3 Å². The van der Waals surface area contributed by atoms with E-state index in [1.54, 1.807) is 32.9 Å². The van der Waals surface area contributed by atoms with Crippen LogP contribution in [0.15, 0.2) is 23.2 Å². The van der Waals surface area contributed by atoms with Crippen molar-refractivity contribution < 1.29 is 21.9 Å². The van der Waals surface area contributed by atoms with Gasteiger partial charge in [0.15, 0.2) is 15.8 Å². The molecule has 0 aromatic heterocycles. The van der Waals surface area contributed by atoms with Crippen molar-refractivity contribution in [1.82, 2.24) is 10.6 Å². The molecule has 2 N–H and O–H groups in total. The van der Waals surface area contributed by atoms with E-state index < -0.39 is 21.2 Å². The van der Waals surface area contributed by atoms with Gasteiger partial charge in [0, 0.05) is 18.7 Å². The van der Waals surface area contributed by atoms with Gasteiger partial charge in [0.25, 0.3) is 0 Å². The van der Waals surface area contributed by atoms with E-state index in [-0.39, 0.29) is 48.6 Å². The zero-order chi connectivity index (χ0) is 20.7. The molecule has 0 spiro atoms. The minimum absolute atomic E-state index is 0. The van der Waals surface area contributed by atoms with E-state index in [2.05, 4.69) is 20.4 Å². The van der Waals surface area contributed by atoms with Crippen LogP contribution in [-0.4, -0.2) is 44.6 Å². The Labute approximate surface area is 183 Å². The first-order valence-electron chi connectivity index (χ1n) is 8.75. The number of nitrogens with zero attached hydrogens (tertiary/aromatic N) is 1. The second-order valence-corrected chi connectivity index (χ2v) is 9.91. The van der Waals surface area contributed by atoms with E-state index >= 15 is 0 Å². The van der Waals surface area contributed by atoms with Gasteiger partial charge >= 0.3 is 6.61 Å². The first-order chi connectivity index (χ1) is 12.5. The lowest BCUT2D eigenvalue weighted by Gasteiger charge is -2.20. The maximum Gasteiger partial charge on any atom is 0.387 e. The Morgan fingerprint density at radius 1 is 1.25 bits per heavy atom.